The van der Waals surface area contributed by atoms with Crippen LogP contribution in [0.15, 0.2) is 48.5 Å². The molecule has 0 aromatic heterocycles. The molecule has 1 aliphatic carbocycles. The maximum absolute atomic E-state index is 13.7. The minimum atomic E-state index is -0.885. The maximum atomic E-state index is 13.7. The van der Waals surface area contributed by atoms with Gasteiger partial charge < -0.3 is 15.2 Å². The van der Waals surface area contributed by atoms with Crippen LogP contribution in [0.4, 0.5) is 4.39 Å². The lowest BCUT2D eigenvalue weighted by Gasteiger charge is -2.27. The zero-order chi connectivity index (χ0) is 20.6. The molecule has 0 radical (unpaired) electrons. The molecule has 2 aromatic carbocycles. The molecule has 5 nitrogen and oxygen atoms in total. The first-order valence-corrected chi connectivity index (χ1v) is 10.0. The molecule has 1 fully saturated rings. The van der Waals surface area contributed by atoms with Crippen LogP contribution < -0.4 is 10.1 Å². The van der Waals surface area contributed by atoms with E-state index in [4.69, 9.17) is 4.74 Å². The van der Waals surface area contributed by atoms with Crippen LogP contribution in [0.2, 0.25) is 0 Å². The molecule has 2 atom stereocenters. The van der Waals surface area contributed by atoms with Gasteiger partial charge >= 0.3 is 5.97 Å². The Kier molecular flexibility index (Phi) is 7.22. The van der Waals surface area contributed by atoms with Gasteiger partial charge in [-0.1, -0.05) is 43.2 Å². The number of halogens is 1. The molecule has 3 rings (SSSR count). The summed E-state index contributed by atoms with van der Waals surface area (Å²) in [5.41, 5.74) is 1.47. The van der Waals surface area contributed by atoms with Crippen LogP contribution in [0, 0.1) is 17.7 Å². The predicted molar refractivity (Wildman–Crippen MR) is 107 cm³/mol. The largest absolute Gasteiger partial charge is 0.489 e. The minimum Gasteiger partial charge on any atom is -0.489 e. The van der Waals surface area contributed by atoms with Gasteiger partial charge in [0.05, 0.1) is 11.8 Å². The van der Waals surface area contributed by atoms with Gasteiger partial charge in [-0.3, -0.25) is 9.59 Å². The van der Waals surface area contributed by atoms with Gasteiger partial charge in [0.15, 0.2) is 0 Å². The van der Waals surface area contributed by atoms with E-state index in [1.165, 1.54) is 6.07 Å². The van der Waals surface area contributed by atoms with Gasteiger partial charge in [-0.15, -0.1) is 0 Å². The quantitative estimate of drug-likeness (QED) is 0.705. The highest BCUT2D eigenvalue weighted by Gasteiger charge is 2.35. The number of carboxylic acid groups (broad SMARTS) is 1. The number of aliphatic carboxylic acids is 1. The predicted octanol–water partition coefficient (Wildman–Crippen LogP) is 3.95. The van der Waals surface area contributed by atoms with Crippen LogP contribution >= 0.6 is 0 Å². The zero-order valence-corrected chi connectivity index (χ0v) is 16.3. The van der Waals surface area contributed by atoms with Crippen molar-refractivity contribution < 1.29 is 23.8 Å². The van der Waals surface area contributed by atoms with Gasteiger partial charge in [0.1, 0.15) is 18.2 Å². The summed E-state index contributed by atoms with van der Waals surface area (Å²) in [7, 11) is 0. The fraction of sp³-hybridized carbons (Fsp3) is 0.391. The summed E-state index contributed by atoms with van der Waals surface area (Å²) in [5, 5.41) is 12.2. The van der Waals surface area contributed by atoms with Crippen molar-refractivity contribution in [3.8, 4) is 5.75 Å². The number of nitrogens with one attached hydrogen (secondary N) is 1. The number of carbonyl (C=O) groups is 2. The molecule has 29 heavy (non-hydrogen) atoms. The summed E-state index contributed by atoms with van der Waals surface area (Å²) in [6, 6.07) is 14.0. The number of carboxylic acids is 1. The monoisotopic (exact) mass is 399 g/mol. The molecule has 154 valence electrons. The molecule has 0 spiro atoms. The summed E-state index contributed by atoms with van der Waals surface area (Å²) in [5.74, 6) is -1.76. The topological polar surface area (TPSA) is 75.6 Å². The van der Waals surface area contributed by atoms with Crippen LogP contribution in [0.25, 0.3) is 0 Å². The molecule has 1 amide bonds. The van der Waals surface area contributed by atoms with Gasteiger partial charge in [0.2, 0.25) is 5.91 Å². The van der Waals surface area contributed by atoms with E-state index < -0.39 is 17.8 Å². The fourth-order valence-corrected chi connectivity index (χ4v) is 3.77. The van der Waals surface area contributed by atoms with E-state index in [2.05, 4.69) is 5.32 Å². The van der Waals surface area contributed by atoms with Crippen molar-refractivity contribution in [3.05, 3.63) is 65.5 Å². The zero-order valence-electron chi connectivity index (χ0n) is 16.3. The third-order valence-electron chi connectivity index (χ3n) is 5.38. The number of benzene rings is 2. The van der Waals surface area contributed by atoms with Crippen molar-refractivity contribution in [1.29, 1.82) is 0 Å². The Bertz CT molecular complexity index is 854. The number of rotatable bonds is 8. The molecule has 1 saturated carbocycles. The summed E-state index contributed by atoms with van der Waals surface area (Å²) in [4.78, 5) is 23.8. The molecule has 2 N–H and O–H groups in total. The third kappa shape index (κ3) is 5.79. The number of hydrogen-bond donors (Lipinski definition) is 2. The van der Waals surface area contributed by atoms with Crippen molar-refractivity contribution in [2.24, 2.45) is 11.8 Å². The number of carbonyl (C=O) groups excluding carboxylic acids is 1. The highest BCUT2D eigenvalue weighted by atomic mass is 19.1. The molecule has 6 heteroatoms. The van der Waals surface area contributed by atoms with E-state index in [1.54, 1.807) is 18.2 Å². The Morgan fingerprint density at radius 1 is 1.07 bits per heavy atom. The standard InChI is InChI=1S/C23H26FNO4/c24-21-11-4-1-7-17(21)15-29-18-8-5-6-16(14-18)12-13-25-22(26)19-9-2-3-10-20(19)23(27)28/h1,4-8,11,14,19-20H,2-3,9-10,12-13,15H2,(H,25,26)(H,27,28). The smallest absolute Gasteiger partial charge is 0.307 e. The number of ether oxygens (including phenoxy) is 1. The average Bonchev–Trinajstić information content (AvgIpc) is 2.73. The first kappa shape index (κ1) is 20.8. The van der Waals surface area contributed by atoms with E-state index in [1.807, 2.05) is 24.3 Å². The number of amides is 1. The highest BCUT2D eigenvalue weighted by Crippen LogP contribution is 2.30. The lowest BCUT2D eigenvalue weighted by Crippen LogP contribution is -2.40. The second kappa shape index (κ2) is 10.0. The van der Waals surface area contributed by atoms with Crippen molar-refractivity contribution >= 4 is 11.9 Å². The summed E-state index contributed by atoms with van der Waals surface area (Å²) in [6.45, 7) is 0.573. The Hall–Kier alpha value is -2.89. The molecule has 1 aliphatic rings. The SMILES string of the molecule is O=C(O)C1CCCCC1C(=O)NCCc1cccc(OCc2ccccc2F)c1. The lowest BCUT2D eigenvalue weighted by atomic mass is 9.78. The first-order chi connectivity index (χ1) is 14.0. The first-order valence-electron chi connectivity index (χ1n) is 10.0. The second-order valence-electron chi connectivity index (χ2n) is 7.40. The van der Waals surface area contributed by atoms with Crippen LogP contribution in [-0.2, 0) is 22.6 Å². The van der Waals surface area contributed by atoms with Gasteiger partial charge in [-0.25, -0.2) is 4.39 Å². The minimum absolute atomic E-state index is 0.144. The lowest BCUT2D eigenvalue weighted by molar-refractivity contribution is -0.148. The van der Waals surface area contributed by atoms with Crippen LogP contribution in [-0.4, -0.2) is 23.5 Å². The van der Waals surface area contributed by atoms with Crippen LogP contribution in [0.1, 0.15) is 36.8 Å². The molecule has 0 aliphatic heterocycles. The van der Waals surface area contributed by atoms with Crippen molar-refractivity contribution in [1.82, 2.24) is 5.32 Å². The Morgan fingerprint density at radius 2 is 1.83 bits per heavy atom. The van der Waals surface area contributed by atoms with E-state index >= 15 is 0 Å². The van der Waals surface area contributed by atoms with Gasteiger partial charge in [-0.05, 0) is 43.0 Å². The summed E-state index contributed by atoms with van der Waals surface area (Å²) in [6.07, 6.45) is 3.55. The Balaban J connectivity index is 1.49. The molecular formula is C23H26FNO4. The van der Waals surface area contributed by atoms with Crippen LogP contribution in [0.3, 0.4) is 0 Å². The third-order valence-corrected chi connectivity index (χ3v) is 5.38. The van der Waals surface area contributed by atoms with Crippen molar-refractivity contribution in [3.63, 3.8) is 0 Å². The molecule has 0 bridgehead atoms. The van der Waals surface area contributed by atoms with Gasteiger partial charge in [0, 0.05) is 12.1 Å². The van der Waals surface area contributed by atoms with Crippen molar-refractivity contribution in [2.75, 3.05) is 6.54 Å². The fourth-order valence-electron chi connectivity index (χ4n) is 3.77. The van der Waals surface area contributed by atoms with E-state index in [0.717, 1.165) is 18.4 Å². The summed E-state index contributed by atoms with van der Waals surface area (Å²) >= 11 is 0. The summed E-state index contributed by atoms with van der Waals surface area (Å²) < 4.78 is 19.4. The Labute approximate surface area is 169 Å². The van der Waals surface area contributed by atoms with Crippen molar-refractivity contribution in [2.45, 2.75) is 38.7 Å². The molecule has 0 heterocycles. The van der Waals surface area contributed by atoms with E-state index in [9.17, 15) is 19.1 Å². The highest BCUT2D eigenvalue weighted by molar-refractivity contribution is 5.84. The van der Waals surface area contributed by atoms with E-state index in [0.29, 0.717) is 37.1 Å². The van der Waals surface area contributed by atoms with Gasteiger partial charge in [0.25, 0.3) is 0 Å². The van der Waals surface area contributed by atoms with Gasteiger partial charge in [-0.2, -0.15) is 0 Å². The molecule has 2 unspecified atom stereocenters. The second-order valence-corrected chi connectivity index (χ2v) is 7.40. The van der Waals surface area contributed by atoms with E-state index in [-0.39, 0.29) is 18.3 Å². The Morgan fingerprint density at radius 3 is 2.59 bits per heavy atom. The number of hydrogen-bond acceptors (Lipinski definition) is 3. The molecule has 2 aromatic rings. The normalized spacial score (nSPS) is 18.8. The average molecular weight is 399 g/mol. The van der Waals surface area contributed by atoms with Crippen LogP contribution in [0.5, 0.6) is 5.75 Å². The maximum Gasteiger partial charge on any atom is 0.307 e. The molecule has 0 saturated heterocycles. The molecular weight excluding hydrogens is 373 g/mol.